The predicted octanol–water partition coefficient (Wildman–Crippen LogP) is 24.5. The molecule has 0 fully saturated rings. The molecule has 0 aliphatic rings. The Morgan fingerprint density at radius 3 is 0.511 bits per heavy atom. The average Bonchev–Trinajstić information content (AvgIpc) is 1.14. The molecule has 0 unspecified atom stereocenters. The van der Waals surface area contributed by atoms with Crippen LogP contribution in [0.1, 0.15) is 0 Å². The van der Waals surface area contributed by atoms with Gasteiger partial charge >= 0.3 is 0 Å². The van der Waals surface area contributed by atoms with E-state index in [1.165, 1.54) is 11.1 Å². The van der Waals surface area contributed by atoms with Crippen LogP contribution < -0.4 is 19.6 Å². The molecule has 0 spiro atoms. The van der Waals surface area contributed by atoms with Gasteiger partial charge in [0.15, 0.2) is 0 Å². The molecule has 4 nitrogen and oxygen atoms in total. The normalized spacial score (nSPS) is 11.1. The summed E-state index contributed by atoms with van der Waals surface area (Å²) in [5.74, 6) is 0. The largest absolute Gasteiger partial charge is 0.311 e. The highest BCUT2D eigenvalue weighted by atomic mass is 15.2. The monoisotopic (exact) mass is 1150 g/mol. The van der Waals surface area contributed by atoms with Crippen molar-refractivity contribution in [3.63, 3.8) is 0 Å². The smallest absolute Gasteiger partial charge is 0.0468 e. The topological polar surface area (TPSA) is 13.0 Å². The van der Waals surface area contributed by atoms with E-state index in [1.807, 2.05) is 0 Å². The van der Waals surface area contributed by atoms with E-state index in [4.69, 9.17) is 0 Å². The van der Waals surface area contributed by atoms with Gasteiger partial charge in [0.2, 0.25) is 0 Å². The second-order valence-corrected chi connectivity index (χ2v) is 22.5. The lowest BCUT2D eigenvalue weighted by Crippen LogP contribution is -2.10. The van der Waals surface area contributed by atoms with Gasteiger partial charge in [-0.05, 0) is 212 Å². The zero-order valence-electron chi connectivity index (χ0n) is 49.6. The first-order valence-corrected chi connectivity index (χ1v) is 30.7. The lowest BCUT2D eigenvalue weighted by atomic mass is 9.84. The van der Waals surface area contributed by atoms with Crippen LogP contribution in [0, 0.1) is 0 Å². The second-order valence-electron chi connectivity index (χ2n) is 22.5. The van der Waals surface area contributed by atoms with Crippen molar-refractivity contribution in [2.75, 3.05) is 19.6 Å². The van der Waals surface area contributed by atoms with Crippen LogP contribution in [-0.2, 0) is 0 Å². The molecule has 0 aliphatic carbocycles. The van der Waals surface area contributed by atoms with Gasteiger partial charge in [-0.1, -0.05) is 231 Å². The van der Waals surface area contributed by atoms with Crippen molar-refractivity contribution in [2.24, 2.45) is 0 Å². The highest BCUT2D eigenvalue weighted by Crippen LogP contribution is 2.49. The third kappa shape index (κ3) is 10.9. The summed E-state index contributed by atoms with van der Waals surface area (Å²) in [6.07, 6.45) is 0. The van der Waals surface area contributed by atoms with Crippen LogP contribution in [0.25, 0.3) is 66.1 Å². The van der Waals surface area contributed by atoms with E-state index in [1.54, 1.807) is 0 Å². The van der Waals surface area contributed by atoms with Gasteiger partial charge in [0.05, 0.1) is 0 Å². The SMILES string of the molecule is c1ccc(N(c2ccccc2)c2ccc(-c3ccc(-c4c5ccc(N(c6ccccc6)c6ccccc6)cc5c(-c5ccc(-c6ccc(N(c7ccccc7)c7ccccc7)cc6)cc5)c5ccc(N(c6ccccc6)c6ccccc6)cc45)cc3)cc2)cc1. The van der Waals surface area contributed by atoms with Crippen LogP contribution in [0.3, 0.4) is 0 Å². The molecule has 426 valence electrons. The molecular formula is C86H62N4. The first-order valence-electron chi connectivity index (χ1n) is 30.7. The Balaban J connectivity index is 0.905. The molecule has 0 saturated heterocycles. The Morgan fingerprint density at radius 1 is 0.122 bits per heavy atom. The van der Waals surface area contributed by atoms with Gasteiger partial charge in [-0.2, -0.15) is 0 Å². The van der Waals surface area contributed by atoms with E-state index < -0.39 is 0 Å². The Bertz CT molecular complexity index is 4390. The van der Waals surface area contributed by atoms with E-state index in [-0.39, 0.29) is 0 Å². The van der Waals surface area contributed by atoms with Gasteiger partial charge in [0.25, 0.3) is 0 Å². The van der Waals surface area contributed by atoms with E-state index in [9.17, 15) is 0 Å². The summed E-state index contributed by atoms with van der Waals surface area (Å²) in [5.41, 5.74) is 22.3. The molecule has 0 N–H and O–H groups in total. The summed E-state index contributed by atoms with van der Waals surface area (Å²) < 4.78 is 0. The van der Waals surface area contributed by atoms with E-state index in [2.05, 4.69) is 396 Å². The molecule has 0 saturated carbocycles. The predicted molar refractivity (Wildman–Crippen MR) is 382 cm³/mol. The number of nitrogens with zero attached hydrogens (tertiary/aromatic N) is 4. The van der Waals surface area contributed by atoms with Crippen molar-refractivity contribution in [3.8, 4) is 44.5 Å². The van der Waals surface area contributed by atoms with Crippen LogP contribution in [0.4, 0.5) is 68.2 Å². The third-order valence-corrected chi connectivity index (χ3v) is 17.0. The van der Waals surface area contributed by atoms with Gasteiger partial charge in [0.1, 0.15) is 0 Å². The second kappa shape index (κ2) is 24.8. The third-order valence-electron chi connectivity index (χ3n) is 17.0. The maximum Gasteiger partial charge on any atom is 0.0468 e. The van der Waals surface area contributed by atoms with Gasteiger partial charge in [-0.3, -0.25) is 0 Å². The van der Waals surface area contributed by atoms with Crippen molar-refractivity contribution in [3.05, 3.63) is 376 Å². The number of hydrogen-bond acceptors (Lipinski definition) is 4. The summed E-state index contributed by atoms with van der Waals surface area (Å²) in [7, 11) is 0. The van der Waals surface area contributed by atoms with Crippen molar-refractivity contribution < 1.29 is 0 Å². The summed E-state index contributed by atoms with van der Waals surface area (Å²) in [6.45, 7) is 0. The highest BCUT2D eigenvalue weighted by Gasteiger charge is 2.23. The van der Waals surface area contributed by atoms with Crippen LogP contribution in [0.5, 0.6) is 0 Å². The number of hydrogen-bond donors (Lipinski definition) is 0. The lowest BCUT2D eigenvalue weighted by Gasteiger charge is -2.28. The first kappa shape index (κ1) is 54.7. The molecule has 0 amide bonds. The first-order chi connectivity index (χ1) is 44.7. The van der Waals surface area contributed by atoms with Gasteiger partial charge in [-0.15, -0.1) is 0 Å². The Morgan fingerprint density at radius 2 is 0.289 bits per heavy atom. The molecular weight excluding hydrogens is 1090 g/mol. The molecule has 0 radical (unpaired) electrons. The molecule has 0 atom stereocenters. The molecule has 15 aromatic carbocycles. The van der Waals surface area contributed by atoms with E-state index >= 15 is 0 Å². The van der Waals surface area contributed by atoms with Gasteiger partial charge in [0, 0.05) is 68.2 Å². The fourth-order valence-electron chi connectivity index (χ4n) is 12.8. The minimum atomic E-state index is 1.07. The van der Waals surface area contributed by atoms with Crippen LogP contribution in [0.2, 0.25) is 0 Å². The fraction of sp³-hybridized carbons (Fsp3) is 0. The average molecular weight is 1150 g/mol. The number of benzene rings is 15. The van der Waals surface area contributed by atoms with E-state index in [0.717, 1.165) is 123 Å². The molecule has 0 bridgehead atoms. The van der Waals surface area contributed by atoms with Gasteiger partial charge < -0.3 is 19.6 Å². The number of anilines is 12. The van der Waals surface area contributed by atoms with Crippen molar-refractivity contribution in [1.82, 2.24) is 0 Å². The molecule has 90 heavy (non-hydrogen) atoms. The highest BCUT2D eigenvalue weighted by molar-refractivity contribution is 6.23. The van der Waals surface area contributed by atoms with Gasteiger partial charge in [-0.25, -0.2) is 0 Å². The number of fused-ring (bicyclic) bond motifs is 2. The standard InChI is InChI=1S/C86H62N4/c1-9-25-69(26-10-1)87(70-27-11-2-12-28-70)77-53-49-65(50-54-77)63-41-45-67(46-42-63)85-81-59-57-80(90(75-37-21-7-22-38-75)76-39-23-8-24-40-76)62-84(81)86(82-60-58-79(61-83(82)85)89(73-33-17-5-18-34-73)74-35-19-6-20-36-74)68-47-43-64(44-48-68)66-51-55-78(56-52-66)88(71-29-13-3-14-30-71)72-31-15-4-16-32-72/h1-62H. The molecule has 15 aromatic rings. The molecule has 4 heteroatoms. The Labute approximate surface area is 527 Å². The summed E-state index contributed by atoms with van der Waals surface area (Å²) in [4.78, 5) is 9.36. The van der Waals surface area contributed by atoms with Crippen LogP contribution in [0.15, 0.2) is 376 Å². The van der Waals surface area contributed by atoms with Crippen molar-refractivity contribution in [1.29, 1.82) is 0 Å². The molecule has 0 aliphatic heterocycles. The quantitative estimate of drug-likeness (QED) is 0.0894. The van der Waals surface area contributed by atoms with Crippen molar-refractivity contribution >= 4 is 89.8 Å². The molecule has 0 aromatic heterocycles. The summed E-state index contributed by atoms with van der Waals surface area (Å²) in [5, 5.41) is 4.63. The Hall–Kier alpha value is -12.0. The number of rotatable bonds is 16. The molecule has 15 rings (SSSR count). The minimum Gasteiger partial charge on any atom is -0.311 e. The minimum absolute atomic E-state index is 1.07. The summed E-state index contributed by atoms with van der Waals surface area (Å²) in [6, 6.07) is 136. The lowest BCUT2D eigenvalue weighted by molar-refractivity contribution is 1.28. The zero-order valence-corrected chi connectivity index (χ0v) is 49.6. The van der Waals surface area contributed by atoms with Crippen LogP contribution >= 0.6 is 0 Å². The molecule has 0 heterocycles. The Kier molecular flexibility index (Phi) is 15.0. The summed E-state index contributed by atoms with van der Waals surface area (Å²) >= 11 is 0. The zero-order chi connectivity index (χ0) is 60.0. The van der Waals surface area contributed by atoms with Crippen molar-refractivity contribution in [2.45, 2.75) is 0 Å². The van der Waals surface area contributed by atoms with E-state index in [0.29, 0.717) is 0 Å². The fourth-order valence-corrected chi connectivity index (χ4v) is 12.8. The van der Waals surface area contributed by atoms with Crippen LogP contribution in [-0.4, -0.2) is 0 Å². The maximum absolute atomic E-state index is 2.42. The maximum atomic E-state index is 2.42. The number of para-hydroxylation sites is 8.